The molecule has 0 bridgehead atoms. The lowest BCUT2D eigenvalue weighted by Gasteiger charge is -2.36. The van der Waals surface area contributed by atoms with E-state index in [-0.39, 0.29) is 11.8 Å². The Bertz CT molecular complexity index is 527. The van der Waals surface area contributed by atoms with E-state index in [1.165, 1.54) is 0 Å². The Morgan fingerprint density at radius 1 is 1.29 bits per heavy atom. The van der Waals surface area contributed by atoms with Crippen LogP contribution in [0.15, 0.2) is 12.3 Å². The summed E-state index contributed by atoms with van der Waals surface area (Å²) < 4.78 is 5.29. The molecular weight excluding hydrogens is 313 g/mol. The molecule has 2 fully saturated rings. The number of nitrogens with zero attached hydrogens (tertiary/aromatic N) is 3. The number of amides is 1. The average molecular weight is 330 g/mol. The third-order valence-corrected chi connectivity index (χ3v) is 4.44. The molecule has 2 saturated heterocycles. The Morgan fingerprint density at radius 3 is 2.67 bits per heavy atom. The third-order valence-electron chi connectivity index (χ3n) is 3.96. The molecule has 7 heteroatoms. The second-order valence-electron chi connectivity index (χ2n) is 5.33. The zero-order chi connectivity index (χ0) is 14.8. The van der Waals surface area contributed by atoms with E-state index in [2.05, 4.69) is 9.88 Å². The number of hydrogen-bond acceptors (Lipinski definition) is 4. The normalized spacial score (nSPS) is 22.7. The first-order chi connectivity index (χ1) is 10.1. The molecule has 0 radical (unpaired) electrons. The fourth-order valence-electron chi connectivity index (χ4n) is 2.77. The molecule has 1 unspecified atom stereocenters. The van der Waals surface area contributed by atoms with E-state index in [0.29, 0.717) is 36.3 Å². The molecule has 0 spiro atoms. The van der Waals surface area contributed by atoms with Gasteiger partial charge in [-0.15, -0.1) is 0 Å². The summed E-state index contributed by atoms with van der Waals surface area (Å²) in [4.78, 5) is 20.6. The molecule has 1 amide bonds. The summed E-state index contributed by atoms with van der Waals surface area (Å²) in [5.41, 5.74) is 0. The number of hydrogen-bond donors (Lipinski definition) is 0. The topological polar surface area (TPSA) is 45.7 Å². The van der Waals surface area contributed by atoms with Gasteiger partial charge in [0, 0.05) is 39.0 Å². The minimum Gasteiger partial charge on any atom is -0.381 e. The highest BCUT2D eigenvalue weighted by Gasteiger charge is 2.30. The van der Waals surface area contributed by atoms with E-state index in [0.717, 1.165) is 25.3 Å². The maximum atomic E-state index is 12.3. The molecule has 3 heterocycles. The summed E-state index contributed by atoms with van der Waals surface area (Å²) >= 11 is 12.0. The van der Waals surface area contributed by atoms with E-state index >= 15 is 0 Å². The van der Waals surface area contributed by atoms with Gasteiger partial charge in [-0.3, -0.25) is 4.79 Å². The maximum absolute atomic E-state index is 12.3. The van der Waals surface area contributed by atoms with Crippen LogP contribution in [0.5, 0.6) is 0 Å². The first-order valence-corrected chi connectivity index (χ1v) is 7.83. The highest BCUT2D eigenvalue weighted by atomic mass is 35.5. The SMILES string of the molecule is O=C(C1CCOC1)N1CCN(c2ncc(Cl)cc2Cl)CC1. The molecule has 2 aliphatic heterocycles. The van der Waals surface area contributed by atoms with Crippen LogP contribution >= 0.6 is 23.2 Å². The molecule has 1 aromatic rings. The molecule has 0 aliphatic carbocycles. The second-order valence-corrected chi connectivity index (χ2v) is 6.18. The number of pyridine rings is 1. The number of halogens is 2. The largest absolute Gasteiger partial charge is 0.381 e. The number of carbonyl (C=O) groups is 1. The van der Waals surface area contributed by atoms with Crippen molar-refractivity contribution >= 4 is 34.9 Å². The lowest BCUT2D eigenvalue weighted by atomic mass is 10.1. The average Bonchev–Trinajstić information content (AvgIpc) is 3.01. The highest BCUT2D eigenvalue weighted by Crippen LogP contribution is 2.27. The zero-order valence-electron chi connectivity index (χ0n) is 11.6. The van der Waals surface area contributed by atoms with Gasteiger partial charge in [-0.25, -0.2) is 4.98 Å². The molecule has 0 saturated carbocycles. The predicted molar refractivity (Wildman–Crippen MR) is 82.0 cm³/mol. The van der Waals surface area contributed by atoms with Gasteiger partial charge in [0.15, 0.2) is 0 Å². The molecule has 2 aliphatic rings. The minimum atomic E-state index is 0.0359. The maximum Gasteiger partial charge on any atom is 0.228 e. The van der Waals surface area contributed by atoms with Gasteiger partial charge in [-0.2, -0.15) is 0 Å². The van der Waals surface area contributed by atoms with E-state index < -0.39 is 0 Å². The van der Waals surface area contributed by atoms with Crippen LogP contribution in [0.1, 0.15) is 6.42 Å². The Balaban J connectivity index is 1.60. The van der Waals surface area contributed by atoms with Crippen molar-refractivity contribution in [2.75, 3.05) is 44.3 Å². The van der Waals surface area contributed by atoms with E-state index in [9.17, 15) is 4.79 Å². The monoisotopic (exact) mass is 329 g/mol. The van der Waals surface area contributed by atoms with Crippen molar-refractivity contribution in [1.82, 2.24) is 9.88 Å². The molecule has 0 N–H and O–H groups in total. The summed E-state index contributed by atoms with van der Waals surface area (Å²) in [6.07, 6.45) is 2.43. The van der Waals surface area contributed by atoms with Crippen LogP contribution in [0, 0.1) is 5.92 Å². The van der Waals surface area contributed by atoms with Crippen LogP contribution in [-0.2, 0) is 9.53 Å². The molecule has 114 valence electrons. The lowest BCUT2D eigenvalue weighted by Crippen LogP contribution is -2.50. The molecule has 3 rings (SSSR count). The summed E-state index contributed by atoms with van der Waals surface area (Å²) in [5.74, 6) is 0.980. The molecule has 5 nitrogen and oxygen atoms in total. The Hall–Kier alpha value is -1.04. The zero-order valence-corrected chi connectivity index (χ0v) is 13.1. The van der Waals surface area contributed by atoms with Gasteiger partial charge in [0.1, 0.15) is 5.82 Å². The van der Waals surface area contributed by atoms with E-state index in [1.54, 1.807) is 12.3 Å². The van der Waals surface area contributed by atoms with Gasteiger partial charge in [0.25, 0.3) is 0 Å². The number of piperazine rings is 1. The van der Waals surface area contributed by atoms with Crippen molar-refractivity contribution in [3.8, 4) is 0 Å². The fourth-order valence-corrected chi connectivity index (χ4v) is 3.27. The van der Waals surface area contributed by atoms with Crippen molar-refractivity contribution in [3.05, 3.63) is 22.3 Å². The summed E-state index contributed by atoms with van der Waals surface area (Å²) in [7, 11) is 0. The first-order valence-electron chi connectivity index (χ1n) is 7.07. The van der Waals surface area contributed by atoms with Gasteiger partial charge in [-0.1, -0.05) is 23.2 Å². The van der Waals surface area contributed by atoms with Crippen molar-refractivity contribution in [2.45, 2.75) is 6.42 Å². The van der Waals surface area contributed by atoms with Crippen LogP contribution < -0.4 is 4.90 Å². The number of anilines is 1. The Kier molecular flexibility index (Phi) is 4.52. The molecular formula is C14H17Cl2N3O2. The minimum absolute atomic E-state index is 0.0359. The second kappa shape index (κ2) is 6.38. The first kappa shape index (κ1) is 14.9. The number of aromatic nitrogens is 1. The van der Waals surface area contributed by atoms with Crippen molar-refractivity contribution in [3.63, 3.8) is 0 Å². The Labute approximate surface area is 133 Å². The van der Waals surface area contributed by atoms with Crippen LogP contribution in [0.3, 0.4) is 0 Å². The van der Waals surface area contributed by atoms with Crippen LogP contribution in [0.4, 0.5) is 5.82 Å². The smallest absolute Gasteiger partial charge is 0.228 e. The molecule has 1 atom stereocenters. The molecule has 1 aromatic heterocycles. The Morgan fingerprint density at radius 2 is 2.05 bits per heavy atom. The summed E-state index contributed by atoms with van der Waals surface area (Å²) in [6.45, 7) is 4.09. The van der Waals surface area contributed by atoms with Gasteiger partial charge >= 0.3 is 0 Å². The third kappa shape index (κ3) is 3.25. The van der Waals surface area contributed by atoms with Gasteiger partial charge < -0.3 is 14.5 Å². The summed E-state index contributed by atoms with van der Waals surface area (Å²) in [6, 6.07) is 1.69. The van der Waals surface area contributed by atoms with Crippen LogP contribution in [0.2, 0.25) is 10.0 Å². The van der Waals surface area contributed by atoms with Gasteiger partial charge in [-0.05, 0) is 12.5 Å². The number of carbonyl (C=O) groups excluding carboxylic acids is 1. The fraction of sp³-hybridized carbons (Fsp3) is 0.571. The standard InChI is InChI=1S/C14H17Cl2N3O2/c15-11-7-12(16)13(17-8-11)18-2-4-19(5-3-18)14(20)10-1-6-21-9-10/h7-8,10H,1-6,9H2. The van der Waals surface area contributed by atoms with Crippen LogP contribution in [0.25, 0.3) is 0 Å². The van der Waals surface area contributed by atoms with Crippen molar-refractivity contribution in [1.29, 1.82) is 0 Å². The quantitative estimate of drug-likeness (QED) is 0.833. The van der Waals surface area contributed by atoms with Crippen molar-refractivity contribution < 1.29 is 9.53 Å². The summed E-state index contributed by atoms with van der Waals surface area (Å²) in [5, 5.41) is 1.07. The van der Waals surface area contributed by atoms with E-state index in [4.69, 9.17) is 27.9 Å². The number of ether oxygens (including phenoxy) is 1. The predicted octanol–water partition coefficient (Wildman–Crippen LogP) is 2.07. The van der Waals surface area contributed by atoms with Crippen LogP contribution in [-0.4, -0.2) is 55.2 Å². The molecule has 21 heavy (non-hydrogen) atoms. The lowest BCUT2D eigenvalue weighted by molar-refractivity contribution is -0.135. The number of rotatable bonds is 2. The van der Waals surface area contributed by atoms with Gasteiger partial charge in [0.2, 0.25) is 5.91 Å². The van der Waals surface area contributed by atoms with Crippen molar-refractivity contribution in [2.24, 2.45) is 5.92 Å². The highest BCUT2D eigenvalue weighted by molar-refractivity contribution is 6.36. The molecule has 0 aromatic carbocycles. The van der Waals surface area contributed by atoms with Gasteiger partial charge in [0.05, 0.1) is 22.6 Å². The van der Waals surface area contributed by atoms with E-state index in [1.807, 2.05) is 4.90 Å².